The number of nitrogens with one attached hydrogen (secondary N) is 3. The smallest absolute Gasteiger partial charge is 0.222 e. The lowest BCUT2D eigenvalue weighted by molar-refractivity contribution is -0.123. The number of nitrogens with zero attached hydrogens (tertiary/aromatic N) is 3. The molecule has 0 saturated carbocycles. The first-order chi connectivity index (χ1) is 12.6. The lowest BCUT2D eigenvalue weighted by Crippen LogP contribution is -2.49. The van der Waals surface area contributed by atoms with Crippen LogP contribution in [0, 0.1) is 5.92 Å². The van der Waals surface area contributed by atoms with Crippen LogP contribution in [-0.4, -0.2) is 61.0 Å². The van der Waals surface area contributed by atoms with E-state index in [1.807, 2.05) is 32.2 Å². The number of amides is 1. The zero-order valence-corrected chi connectivity index (χ0v) is 18.9. The molecule has 0 spiro atoms. The lowest BCUT2D eigenvalue weighted by atomic mass is 10.0. The summed E-state index contributed by atoms with van der Waals surface area (Å²) >= 11 is 0. The van der Waals surface area contributed by atoms with Gasteiger partial charge in [0.15, 0.2) is 5.96 Å². The van der Waals surface area contributed by atoms with Crippen LogP contribution in [0.1, 0.15) is 32.4 Å². The van der Waals surface area contributed by atoms with Crippen LogP contribution in [0.25, 0.3) is 0 Å². The van der Waals surface area contributed by atoms with E-state index >= 15 is 0 Å². The molecule has 1 aliphatic heterocycles. The molecule has 152 valence electrons. The maximum atomic E-state index is 11.5. The molecular weight excluding hydrogens is 455 g/mol. The third-order valence-electron chi connectivity index (χ3n) is 4.50. The summed E-state index contributed by atoms with van der Waals surface area (Å²) in [6.07, 6.45) is 4.01. The van der Waals surface area contributed by atoms with Crippen molar-refractivity contribution in [3.05, 3.63) is 30.1 Å². The van der Waals surface area contributed by atoms with E-state index in [9.17, 15) is 4.79 Å². The van der Waals surface area contributed by atoms with Crippen molar-refractivity contribution in [2.24, 2.45) is 10.9 Å². The highest BCUT2D eigenvalue weighted by molar-refractivity contribution is 14.0. The van der Waals surface area contributed by atoms with Crippen molar-refractivity contribution in [3.63, 3.8) is 0 Å². The number of aromatic nitrogens is 1. The Morgan fingerprint density at radius 3 is 2.56 bits per heavy atom. The second-order valence-electron chi connectivity index (χ2n) is 6.96. The topological polar surface area (TPSA) is 81.6 Å². The van der Waals surface area contributed by atoms with E-state index in [4.69, 9.17) is 0 Å². The van der Waals surface area contributed by atoms with Gasteiger partial charge in [-0.1, -0.05) is 19.9 Å². The Hall–Kier alpha value is -1.42. The van der Waals surface area contributed by atoms with Gasteiger partial charge in [0, 0.05) is 57.9 Å². The highest BCUT2D eigenvalue weighted by atomic mass is 127. The van der Waals surface area contributed by atoms with E-state index in [-0.39, 0.29) is 35.8 Å². The fraction of sp³-hybridized carbons (Fsp3) is 0.632. The number of aliphatic imine (C=N–C) groups is 1. The predicted octanol–water partition coefficient (Wildman–Crippen LogP) is 1.60. The largest absolute Gasteiger partial charge is 0.355 e. The Bertz CT molecular complexity index is 573. The zero-order chi connectivity index (χ0) is 18.8. The number of carbonyl (C=O) groups is 1. The summed E-state index contributed by atoms with van der Waals surface area (Å²) in [4.78, 5) is 22.7. The highest BCUT2D eigenvalue weighted by Crippen LogP contribution is 2.12. The Morgan fingerprint density at radius 1 is 1.26 bits per heavy atom. The molecule has 2 rings (SSSR count). The minimum atomic E-state index is 0. The minimum Gasteiger partial charge on any atom is -0.355 e. The number of pyridine rings is 1. The Labute approximate surface area is 179 Å². The summed E-state index contributed by atoms with van der Waals surface area (Å²) < 4.78 is 0. The van der Waals surface area contributed by atoms with Crippen LogP contribution in [0.4, 0.5) is 0 Å². The second-order valence-corrected chi connectivity index (χ2v) is 6.96. The molecule has 1 amide bonds. The standard InChI is InChI=1S/C19H32N6O.HI/c1-15(2)18(26)22-10-11-23-19(20-3)24-16-7-12-25(13-8-16)14-17-6-4-5-9-21-17;/h4-6,9,15-16H,7-8,10-14H2,1-3H3,(H,22,26)(H2,20,23,24);1H. The first-order valence-electron chi connectivity index (χ1n) is 9.45. The fourth-order valence-electron chi connectivity index (χ4n) is 2.91. The second kappa shape index (κ2) is 12.9. The number of hydrogen-bond acceptors (Lipinski definition) is 4. The normalized spacial score (nSPS) is 15.9. The number of hydrogen-bond donors (Lipinski definition) is 3. The molecule has 1 aromatic heterocycles. The van der Waals surface area contributed by atoms with Crippen molar-refractivity contribution in [1.82, 2.24) is 25.8 Å². The molecule has 1 aliphatic rings. The molecular formula is C19H33IN6O. The molecule has 0 aliphatic carbocycles. The van der Waals surface area contributed by atoms with Gasteiger partial charge >= 0.3 is 0 Å². The van der Waals surface area contributed by atoms with E-state index in [1.54, 1.807) is 7.05 Å². The van der Waals surface area contributed by atoms with Gasteiger partial charge in [0.05, 0.1) is 5.69 Å². The Morgan fingerprint density at radius 2 is 1.96 bits per heavy atom. The van der Waals surface area contributed by atoms with Gasteiger partial charge in [-0.25, -0.2) is 0 Å². The Kier molecular flexibility index (Phi) is 11.3. The van der Waals surface area contributed by atoms with Crippen LogP contribution in [0.3, 0.4) is 0 Å². The number of carbonyl (C=O) groups excluding carboxylic acids is 1. The van der Waals surface area contributed by atoms with Gasteiger partial charge in [-0.05, 0) is 25.0 Å². The van der Waals surface area contributed by atoms with Gasteiger partial charge in [0.25, 0.3) is 0 Å². The zero-order valence-electron chi connectivity index (χ0n) is 16.6. The first-order valence-corrected chi connectivity index (χ1v) is 9.45. The summed E-state index contributed by atoms with van der Waals surface area (Å²) in [6.45, 7) is 8.06. The number of halogens is 1. The number of piperidine rings is 1. The minimum absolute atomic E-state index is 0. The highest BCUT2D eigenvalue weighted by Gasteiger charge is 2.20. The average Bonchev–Trinajstić information content (AvgIpc) is 2.66. The third-order valence-corrected chi connectivity index (χ3v) is 4.50. The van der Waals surface area contributed by atoms with E-state index in [1.165, 1.54) is 0 Å². The molecule has 3 N–H and O–H groups in total. The monoisotopic (exact) mass is 488 g/mol. The average molecular weight is 488 g/mol. The van der Waals surface area contributed by atoms with Crippen molar-refractivity contribution in [2.45, 2.75) is 39.3 Å². The molecule has 0 radical (unpaired) electrons. The van der Waals surface area contributed by atoms with E-state index in [0.29, 0.717) is 19.1 Å². The van der Waals surface area contributed by atoms with Crippen LogP contribution in [-0.2, 0) is 11.3 Å². The summed E-state index contributed by atoms with van der Waals surface area (Å²) in [5.41, 5.74) is 1.12. The van der Waals surface area contributed by atoms with Crippen LogP contribution < -0.4 is 16.0 Å². The summed E-state index contributed by atoms with van der Waals surface area (Å²) in [7, 11) is 1.78. The summed E-state index contributed by atoms with van der Waals surface area (Å²) in [5, 5.41) is 9.64. The third kappa shape index (κ3) is 8.87. The molecule has 1 aromatic rings. The first kappa shape index (κ1) is 23.6. The Balaban J connectivity index is 0.00000364. The molecule has 1 fully saturated rings. The van der Waals surface area contributed by atoms with Gasteiger partial charge < -0.3 is 16.0 Å². The molecule has 0 bridgehead atoms. The number of likely N-dealkylation sites (tertiary alicyclic amines) is 1. The van der Waals surface area contributed by atoms with Crippen molar-refractivity contribution in [1.29, 1.82) is 0 Å². The lowest BCUT2D eigenvalue weighted by Gasteiger charge is -2.32. The van der Waals surface area contributed by atoms with Crippen molar-refractivity contribution < 1.29 is 4.79 Å². The maximum Gasteiger partial charge on any atom is 0.222 e. The number of rotatable bonds is 7. The fourth-order valence-corrected chi connectivity index (χ4v) is 2.91. The molecule has 1 saturated heterocycles. The SMILES string of the molecule is CN=C(NCCNC(=O)C(C)C)NC1CCN(Cc2ccccn2)CC1.I. The van der Waals surface area contributed by atoms with Crippen LogP contribution in [0.15, 0.2) is 29.4 Å². The predicted molar refractivity (Wildman–Crippen MR) is 120 cm³/mol. The molecule has 0 unspecified atom stereocenters. The van der Waals surface area contributed by atoms with Gasteiger partial charge in [-0.2, -0.15) is 0 Å². The molecule has 8 heteroatoms. The van der Waals surface area contributed by atoms with Gasteiger partial charge in [-0.15, -0.1) is 24.0 Å². The molecule has 2 heterocycles. The maximum absolute atomic E-state index is 11.5. The number of guanidine groups is 1. The molecule has 0 aromatic carbocycles. The van der Waals surface area contributed by atoms with Crippen molar-refractivity contribution in [3.8, 4) is 0 Å². The van der Waals surface area contributed by atoms with Gasteiger partial charge in [0.2, 0.25) is 5.91 Å². The van der Waals surface area contributed by atoms with Crippen molar-refractivity contribution in [2.75, 3.05) is 33.2 Å². The van der Waals surface area contributed by atoms with Gasteiger partial charge in [-0.3, -0.25) is 19.7 Å². The molecule has 7 nitrogen and oxygen atoms in total. The van der Waals surface area contributed by atoms with Gasteiger partial charge in [0.1, 0.15) is 0 Å². The molecule has 0 atom stereocenters. The van der Waals surface area contributed by atoms with E-state index in [2.05, 4.69) is 36.9 Å². The van der Waals surface area contributed by atoms with E-state index in [0.717, 1.165) is 44.1 Å². The quantitative estimate of drug-likeness (QED) is 0.235. The van der Waals surface area contributed by atoms with Crippen LogP contribution in [0.2, 0.25) is 0 Å². The van der Waals surface area contributed by atoms with E-state index < -0.39 is 0 Å². The summed E-state index contributed by atoms with van der Waals surface area (Å²) in [6, 6.07) is 6.49. The van der Waals surface area contributed by atoms with Crippen LogP contribution >= 0.6 is 24.0 Å². The van der Waals surface area contributed by atoms with Crippen LogP contribution in [0.5, 0.6) is 0 Å². The van der Waals surface area contributed by atoms with Crippen molar-refractivity contribution >= 4 is 35.8 Å². The summed E-state index contributed by atoms with van der Waals surface area (Å²) in [5.74, 6) is 0.894. The molecule has 27 heavy (non-hydrogen) atoms.